The number of esters is 1. The van der Waals surface area contributed by atoms with Crippen molar-refractivity contribution in [3.05, 3.63) is 27.9 Å². The van der Waals surface area contributed by atoms with Gasteiger partial charge in [0.2, 0.25) is 0 Å². The maximum Gasteiger partial charge on any atom is 0.311 e. The first-order chi connectivity index (χ1) is 12.3. The van der Waals surface area contributed by atoms with Gasteiger partial charge in [0.1, 0.15) is 16.3 Å². The molecular weight excluding hydrogens is 368 g/mol. The fourth-order valence-electron chi connectivity index (χ4n) is 3.96. The number of ether oxygens (including phenoxy) is 1. The van der Waals surface area contributed by atoms with E-state index in [9.17, 15) is 9.59 Å². The third-order valence-electron chi connectivity index (χ3n) is 4.97. The second-order valence-electron chi connectivity index (χ2n) is 7.94. The van der Waals surface area contributed by atoms with Crippen LogP contribution in [0, 0.1) is 5.92 Å². The number of thiazole rings is 1. The van der Waals surface area contributed by atoms with Crippen molar-refractivity contribution < 1.29 is 14.3 Å². The van der Waals surface area contributed by atoms with Gasteiger partial charge >= 0.3 is 5.97 Å². The summed E-state index contributed by atoms with van der Waals surface area (Å²) in [6, 6.07) is 2.07. The molecule has 0 radical (unpaired) electrons. The van der Waals surface area contributed by atoms with Crippen LogP contribution < -0.4 is 0 Å². The summed E-state index contributed by atoms with van der Waals surface area (Å²) in [6.45, 7) is 5.63. The number of fused-ring (bicyclic) bond motifs is 2. The number of hydrogen-bond acceptors (Lipinski definition) is 6. The fraction of sp³-hybridized carbons (Fsp3) is 0.526. The number of nitrogens with zero attached hydrogens (tertiary/aromatic N) is 2. The molecule has 2 aromatic rings. The zero-order valence-electron chi connectivity index (χ0n) is 15.1. The maximum atomic E-state index is 13.1. The van der Waals surface area contributed by atoms with Gasteiger partial charge in [-0.3, -0.25) is 9.59 Å². The average molecular weight is 391 g/mol. The molecule has 3 atom stereocenters. The minimum atomic E-state index is -0.502. The predicted octanol–water partition coefficient (Wildman–Crippen LogP) is 4.21. The first kappa shape index (κ1) is 17.7. The van der Waals surface area contributed by atoms with Crippen molar-refractivity contribution in [3.63, 3.8) is 0 Å². The minimum Gasteiger partial charge on any atom is -0.460 e. The number of carbonyl (C=O) groups excluding carboxylic acids is 2. The van der Waals surface area contributed by atoms with Crippen LogP contribution in [-0.4, -0.2) is 39.4 Å². The van der Waals surface area contributed by atoms with Crippen LogP contribution in [0.15, 0.2) is 22.2 Å². The smallest absolute Gasteiger partial charge is 0.311 e. The number of carbonyl (C=O) groups is 2. The fourth-order valence-corrected chi connectivity index (χ4v) is 5.46. The molecule has 0 N–H and O–H groups in total. The summed E-state index contributed by atoms with van der Waals surface area (Å²) in [6.07, 6.45) is 2.52. The van der Waals surface area contributed by atoms with Crippen molar-refractivity contribution >= 4 is 34.6 Å². The SMILES string of the molecule is CC(C)(C)OC(=O)[C@@H]1C[C@H]2CC[C@H]1N2C(=O)c1csc(-c2ccsc2)n1. The Bertz CT molecular complexity index is 822. The van der Waals surface area contributed by atoms with Crippen LogP contribution in [0.1, 0.15) is 50.5 Å². The lowest BCUT2D eigenvalue weighted by molar-refractivity contribution is -0.160. The van der Waals surface area contributed by atoms with E-state index in [4.69, 9.17) is 4.74 Å². The molecule has 1 amide bonds. The van der Waals surface area contributed by atoms with Gasteiger partial charge in [0, 0.05) is 28.4 Å². The van der Waals surface area contributed by atoms with E-state index in [1.165, 1.54) is 11.3 Å². The molecule has 2 fully saturated rings. The van der Waals surface area contributed by atoms with E-state index < -0.39 is 5.60 Å². The predicted molar refractivity (Wildman–Crippen MR) is 102 cm³/mol. The topological polar surface area (TPSA) is 59.5 Å². The lowest BCUT2D eigenvalue weighted by Crippen LogP contribution is -2.39. The van der Waals surface area contributed by atoms with Gasteiger partial charge in [-0.15, -0.1) is 11.3 Å². The minimum absolute atomic E-state index is 0.0544. The Morgan fingerprint density at radius 2 is 2.08 bits per heavy atom. The molecule has 2 bridgehead atoms. The highest BCUT2D eigenvalue weighted by atomic mass is 32.1. The number of thiophene rings is 1. The molecule has 5 nitrogen and oxygen atoms in total. The van der Waals surface area contributed by atoms with Crippen molar-refractivity contribution in [3.8, 4) is 10.6 Å². The number of amides is 1. The van der Waals surface area contributed by atoms with Crippen LogP contribution in [-0.2, 0) is 9.53 Å². The molecule has 7 heteroatoms. The van der Waals surface area contributed by atoms with E-state index in [1.54, 1.807) is 11.3 Å². The Kier molecular flexibility index (Phi) is 4.39. The van der Waals surface area contributed by atoms with Gasteiger partial charge in [-0.05, 0) is 51.5 Å². The molecule has 0 saturated carbocycles. The molecule has 2 saturated heterocycles. The molecule has 4 heterocycles. The summed E-state index contributed by atoms with van der Waals surface area (Å²) in [5, 5.41) is 6.73. The van der Waals surface area contributed by atoms with E-state index >= 15 is 0 Å². The monoisotopic (exact) mass is 390 g/mol. The van der Waals surface area contributed by atoms with E-state index in [2.05, 4.69) is 4.98 Å². The van der Waals surface area contributed by atoms with Crippen LogP contribution in [0.5, 0.6) is 0 Å². The Hall–Kier alpha value is -1.73. The van der Waals surface area contributed by atoms with Crippen LogP contribution in [0.4, 0.5) is 0 Å². The number of rotatable bonds is 3. The zero-order chi connectivity index (χ0) is 18.5. The van der Waals surface area contributed by atoms with Gasteiger partial charge in [0.05, 0.1) is 5.92 Å². The lowest BCUT2D eigenvalue weighted by Gasteiger charge is -2.26. The van der Waals surface area contributed by atoms with Crippen molar-refractivity contribution in [2.75, 3.05) is 0 Å². The molecule has 0 aromatic carbocycles. The van der Waals surface area contributed by atoms with Gasteiger partial charge in [-0.2, -0.15) is 11.3 Å². The lowest BCUT2D eigenvalue weighted by atomic mass is 9.89. The van der Waals surface area contributed by atoms with Crippen LogP contribution in [0.3, 0.4) is 0 Å². The van der Waals surface area contributed by atoms with Crippen molar-refractivity contribution in [1.29, 1.82) is 0 Å². The Morgan fingerprint density at radius 1 is 1.27 bits per heavy atom. The molecular formula is C19H22N2O3S2. The van der Waals surface area contributed by atoms with Crippen LogP contribution >= 0.6 is 22.7 Å². The Morgan fingerprint density at radius 3 is 2.77 bits per heavy atom. The summed E-state index contributed by atoms with van der Waals surface area (Å²) in [4.78, 5) is 32.0. The summed E-state index contributed by atoms with van der Waals surface area (Å²) in [5.41, 5.74) is 1.03. The third-order valence-corrected chi connectivity index (χ3v) is 6.55. The Labute approximate surface area is 161 Å². The highest BCUT2D eigenvalue weighted by Gasteiger charge is 2.52. The standard InChI is InChI=1S/C19H22N2O3S2/c1-19(2,3)24-18(23)13-8-12-4-5-15(13)21(12)17(22)14-10-26-16(20-14)11-6-7-25-9-11/h6-7,9-10,12-13,15H,4-5,8H2,1-3H3/t12-,13-,15-/m1/s1. The van der Waals surface area contributed by atoms with Crippen molar-refractivity contribution in [1.82, 2.24) is 9.88 Å². The van der Waals surface area contributed by atoms with Gasteiger partial charge in [0.25, 0.3) is 5.91 Å². The first-order valence-corrected chi connectivity index (χ1v) is 10.7. The second-order valence-corrected chi connectivity index (χ2v) is 9.57. The van der Waals surface area contributed by atoms with E-state index in [1.807, 2.05) is 47.9 Å². The molecule has 0 aliphatic carbocycles. The summed E-state index contributed by atoms with van der Waals surface area (Å²) in [7, 11) is 0. The highest BCUT2D eigenvalue weighted by Crippen LogP contribution is 2.43. The van der Waals surface area contributed by atoms with Crippen molar-refractivity contribution in [2.24, 2.45) is 5.92 Å². The molecule has 0 spiro atoms. The van der Waals surface area contributed by atoms with Crippen LogP contribution in [0.2, 0.25) is 0 Å². The largest absolute Gasteiger partial charge is 0.460 e. The summed E-state index contributed by atoms with van der Waals surface area (Å²) < 4.78 is 5.57. The normalized spacial score (nSPS) is 24.9. The molecule has 2 aliphatic rings. The molecule has 0 unspecified atom stereocenters. The molecule has 4 rings (SSSR count). The van der Waals surface area contributed by atoms with Crippen molar-refractivity contribution in [2.45, 2.75) is 57.7 Å². The van der Waals surface area contributed by atoms with Gasteiger partial charge in [-0.1, -0.05) is 0 Å². The van der Waals surface area contributed by atoms with E-state index in [-0.39, 0.29) is 29.9 Å². The van der Waals surface area contributed by atoms with E-state index in [0.29, 0.717) is 12.1 Å². The van der Waals surface area contributed by atoms with Gasteiger partial charge in [0.15, 0.2) is 0 Å². The van der Waals surface area contributed by atoms with Gasteiger partial charge < -0.3 is 9.64 Å². The Balaban J connectivity index is 1.51. The molecule has 26 heavy (non-hydrogen) atoms. The number of aromatic nitrogens is 1. The van der Waals surface area contributed by atoms with Gasteiger partial charge in [-0.25, -0.2) is 4.98 Å². The summed E-state index contributed by atoms with van der Waals surface area (Å²) in [5.74, 6) is -0.451. The molecule has 2 aliphatic heterocycles. The summed E-state index contributed by atoms with van der Waals surface area (Å²) >= 11 is 3.10. The maximum absolute atomic E-state index is 13.1. The molecule has 2 aromatic heterocycles. The average Bonchev–Trinajstić information content (AvgIpc) is 3.33. The third kappa shape index (κ3) is 3.18. The van der Waals surface area contributed by atoms with Crippen LogP contribution in [0.25, 0.3) is 10.6 Å². The zero-order valence-corrected chi connectivity index (χ0v) is 16.7. The quantitative estimate of drug-likeness (QED) is 0.737. The van der Waals surface area contributed by atoms with E-state index in [0.717, 1.165) is 23.4 Å². The first-order valence-electron chi connectivity index (χ1n) is 8.87. The second kappa shape index (κ2) is 6.46. The highest BCUT2D eigenvalue weighted by molar-refractivity contribution is 7.14. The molecule has 138 valence electrons. The number of hydrogen-bond donors (Lipinski definition) is 0.